The molecule has 0 bridgehead atoms. The predicted octanol–water partition coefficient (Wildman–Crippen LogP) is 1.94. The van der Waals surface area contributed by atoms with Crippen molar-refractivity contribution in [3.63, 3.8) is 0 Å². The number of likely N-dealkylation sites (N-methyl/N-ethyl adjacent to an activating group) is 2. The molecular formula is C15H24N4S. The van der Waals surface area contributed by atoms with Crippen LogP contribution >= 0.6 is 12.2 Å². The summed E-state index contributed by atoms with van der Waals surface area (Å²) in [5.74, 6) is 0.903. The van der Waals surface area contributed by atoms with Gasteiger partial charge >= 0.3 is 0 Å². The van der Waals surface area contributed by atoms with Crippen molar-refractivity contribution in [1.82, 2.24) is 9.88 Å². The fourth-order valence-corrected chi connectivity index (χ4v) is 3.31. The van der Waals surface area contributed by atoms with Crippen LogP contribution in [0.3, 0.4) is 0 Å². The van der Waals surface area contributed by atoms with Crippen LogP contribution in [0.2, 0.25) is 0 Å². The molecule has 2 N–H and O–H groups in total. The molecule has 0 aromatic carbocycles. The Hall–Kier alpha value is -1.20. The minimum absolute atomic E-state index is 0.427. The third-order valence-corrected chi connectivity index (χ3v) is 4.34. The lowest BCUT2D eigenvalue weighted by Crippen LogP contribution is -2.39. The lowest BCUT2D eigenvalue weighted by Gasteiger charge is -2.29. The average Bonchev–Trinajstić information content (AvgIpc) is 2.85. The number of hydrogen-bond acceptors (Lipinski definition) is 4. The average molecular weight is 292 g/mol. The number of thiocarbonyl (C=S) groups is 1. The fourth-order valence-electron chi connectivity index (χ4n) is 3.06. The van der Waals surface area contributed by atoms with Gasteiger partial charge in [0.1, 0.15) is 10.8 Å². The molecular weight excluding hydrogens is 268 g/mol. The van der Waals surface area contributed by atoms with E-state index in [0.29, 0.717) is 11.0 Å². The van der Waals surface area contributed by atoms with Crippen LogP contribution in [0, 0.1) is 6.92 Å². The van der Waals surface area contributed by atoms with E-state index in [1.165, 1.54) is 19.4 Å². The first kappa shape index (κ1) is 15.2. The topological polar surface area (TPSA) is 45.4 Å². The minimum Gasteiger partial charge on any atom is -0.389 e. The monoisotopic (exact) mass is 292 g/mol. The van der Waals surface area contributed by atoms with E-state index < -0.39 is 0 Å². The summed E-state index contributed by atoms with van der Waals surface area (Å²) in [5, 5.41) is 0. The Labute approximate surface area is 127 Å². The fraction of sp³-hybridized carbons (Fsp3) is 0.600. The van der Waals surface area contributed by atoms with Gasteiger partial charge in [0.25, 0.3) is 0 Å². The maximum Gasteiger partial charge on any atom is 0.138 e. The quantitative estimate of drug-likeness (QED) is 0.840. The van der Waals surface area contributed by atoms with Crippen molar-refractivity contribution >= 4 is 23.0 Å². The Morgan fingerprint density at radius 2 is 2.35 bits per heavy atom. The molecule has 1 saturated heterocycles. The van der Waals surface area contributed by atoms with Gasteiger partial charge in [-0.2, -0.15) is 0 Å². The molecule has 2 heterocycles. The summed E-state index contributed by atoms with van der Waals surface area (Å²) in [4.78, 5) is 9.65. The molecule has 1 aromatic rings. The van der Waals surface area contributed by atoms with E-state index in [4.69, 9.17) is 18.0 Å². The van der Waals surface area contributed by atoms with E-state index in [-0.39, 0.29) is 0 Å². The molecule has 1 aliphatic rings. The highest BCUT2D eigenvalue weighted by Gasteiger charge is 2.25. The number of likely N-dealkylation sites (tertiary alicyclic amines) is 1. The van der Waals surface area contributed by atoms with E-state index in [1.54, 1.807) is 0 Å². The largest absolute Gasteiger partial charge is 0.389 e. The lowest BCUT2D eigenvalue weighted by atomic mass is 10.1. The van der Waals surface area contributed by atoms with Crippen LogP contribution < -0.4 is 10.6 Å². The molecule has 5 heteroatoms. The van der Waals surface area contributed by atoms with E-state index in [2.05, 4.69) is 28.8 Å². The van der Waals surface area contributed by atoms with Crippen molar-refractivity contribution in [2.24, 2.45) is 5.73 Å². The van der Waals surface area contributed by atoms with Crippen molar-refractivity contribution in [1.29, 1.82) is 0 Å². The molecule has 1 aromatic heterocycles. The molecule has 1 aliphatic heterocycles. The van der Waals surface area contributed by atoms with Gasteiger partial charge in [-0.3, -0.25) is 4.90 Å². The van der Waals surface area contributed by atoms with Gasteiger partial charge in [0, 0.05) is 25.8 Å². The van der Waals surface area contributed by atoms with Gasteiger partial charge < -0.3 is 10.6 Å². The van der Waals surface area contributed by atoms with Crippen LogP contribution in [-0.4, -0.2) is 47.6 Å². The normalized spacial score (nSPS) is 19.2. The Morgan fingerprint density at radius 1 is 1.60 bits per heavy atom. The molecule has 0 saturated carbocycles. The van der Waals surface area contributed by atoms with E-state index in [1.807, 2.05) is 19.2 Å². The lowest BCUT2D eigenvalue weighted by molar-refractivity contribution is 0.270. The van der Waals surface area contributed by atoms with E-state index >= 15 is 0 Å². The third-order valence-electron chi connectivity index (χ3n) is 4.14. The van der Waals surface area contributed by atoms with Gasteiger partial charge in [-0.1, -0.05) is 19.1 Å². The summed E-state index contributed by atoms with van der Waals surface area (Å²) in [6.45, 7) is 7.55. The number of nitrogens with two attached hydrogens (primary N) is 1. The van der Waals surface area contributed by atoms with Crippen LogP contribution in [0.5, 0.6) is 0 Å². The van der Waals surface area contributed by atoms with Gasteiger partial charge in [0.15, 0.2) is 0 Å². The van der Waals surface area contributed by atoms with Crippen LogP contribution in [0.4, 0.5) is 5.82 Å². The summed E-state index contributed by atoms with van der Waals surface area (Å²) in [6.07, 6.45) is 4.37. The van der Waals surface area contributed by atoms with Crippen LogP contribution in [-0.2, 0) is 0 Å². The molecule has 0 aliphatic carbocycles. The van der Waals surface area contributed by atoms with E-state index in [0.717, 1.165) is 30.0 Å². The highest BCUT2D eigenvalue weighted by atomic mass is 32.1. The standard InChI is InChI=1S/C15H24N4S/c1-4-19-9-5-6-12(19)10-18(3)15-13(14(16)20)11(2)7-8-17-15/h7-8,12H,4-6,9-10H2,1-3H3,(H2,16,20). The number of aryl methyl sites for hydroxylation is 1. The Kier molecular flexibility index (Phi) is 4.94. The Morgan fingerprint density at radius 3 is 3.00 bits per heavy atom. The van der Waals surface area contributed by atoms with Crippen molar-refractivity contribution < 1.29 is 0 Å². The van der Waals surface area contributed by atoms with Crippen molar-refractivity contribution in [3.8, 4) is 0 Å². The van der Waals surface area contributed by atoms with Crippen LogP contribution in [0.25, 0.3) is 0 Å². The summed E-state index contributed by atoms with van der Waals surface area (Å²) in [6, 6.07) is 2.56. The number of nitrogens with zero attached hydrogens (tertiary/aromatic N) is 3. The van der Waals surface area contributed by atoms with Gasteiger partial charge in [-0.25, -0.2) is 4.98 Å². The van der Waals surface area contributed by atoms with E-state index in [9.17, 15) is 0 Å². The van der Waals surface area contributed by atoms with Gasteiger partial charge in [0.05, 0.1) is 5.56 Å². The molecule has 0 amide bonds. The van der Waals surface area contributed by atoms with Crippen molar-refractivity contribution in [2.75, 3.05) is 31.6 Å². The van der Waals surface area contributed by atoms with Crippen LogP contribution in [0.15, 0.2) is 12.3 Å². The summed E-state index contributed by atoms with van der Waals surface area (Å²) in [7, 11) is 2.08. The zero-order chi connectivity index (χ0) is 14.7. The number of aromatic nitrogens is 1. The summed E-state index contributed by atoms with van der Waals surface area (Å²) in [5.41, 5.74) is 7.87. The Balaban J connectivity index is 2.19. The first-order valence-electron chi connectivity index (χ1n) is 7.25. The highest BCUT2D eigenvalue weighted by Crippen LogP contribution is 2.23. The predicted molar refractivity (Wildman–Crippen MR) is 88.4 cm³/mol. The number of pyridine rings is 1. The molecule has 1 fully saturated rings. The minimum atomic E-state index is 0.427. The molecule has 20 heavy (non-hydrogen) atoms. The zero-order valence-electron chi connectivity index (χ0n) is 12.6. The summed E-state index contributed by atoms with van der Waals surface area (Å²) >= 11 is 5.19. The number of hydrogen-bond donors (Lipinski definition) is 1. The Bertz CT molecular complexity index is 489. The second-order valence-electron chi connectivity index (χ2n) is 5.50. The second kappa shape index (κ2) is 6.50. The second-order valence-corrected chi connectivity index (χ2v) is 5.94. The molecule has 110 valence electrons. The van der Waals surface area contributed by atoms with Crippen molar-refractivity contribution in [2.45, 2.75) is 32.7 Å². The number of rotatable bonds is 5. The molecule has 1 atom stereocenters. The SMILES string of the molecule is CCN1CCCC1CN(C)c1nccc(C)c1C(N)=S. The zero-order valence-corrected chi connectivity index (χ0v) is 13.4. The third kappa shape index (κ3) is 3.10. The molecule has 0 spiro atoms. The number of anilines is 1. The highest BCUT2D eigenvalue weighted by molar-refractivity contribution is 7.80. The van der Waals surface area contributed by atoms with Gasteiger partial charge in [-0.15, -0.1) is 0 Å². The van der Waals surface area contributed by atoms with Gasteiger partial charge in [-0.05, 0) is 44.5 Å². The smallest absolute Gasteiger partial charge is 0.138 e. The first-order valence-corrected chi connectivity index (χ1v) is 7.66. The van der Waals surface area contributed by atoms with Gasteiger partial charge in [0.2, 0.25) is 0 Å². The maximum absolute atomic E-state index is 5.87. The molecule has 2 rings (SSSR count). The summed E-state index contributed by atoms with van der Waals surface area (Å²) < 4.78 is 0. The van der Waals surface area contributed by atoms with Crippen molar-refractivity contribution in [3.05, 3.63) is 23.4 Å². The molecule has 4 nitrogen and oxygen atoms in total. The maximum atomic E-state index is 5.87. The first-order chi connectivity index (χ1) is 9.54. The molecule has 0 radical (unpaired) electrons. The molecule has 1 unspecified atom stereocenters. The van der Waals surface area contributed by atoms with Crippen LogP contribution in [0.1, 0.15) is 30.9 Å².